The summed E-state index contributed by atoms with van der Waals surface area (Å²) in [4.78, 5) is 38.4. The fourth-order valence-electron chi connectivity index (χ4n) is 3.08. The second-order valence-electron chi connectivity index (χ2n) is 6.73. The molecule has 1 heterocycles. The summed E-state index contributed by atoms with van der Waals surface area (Å²) in [6, 6.07) is 10.7. The van der Waals surface area contributed by atoms with E-state index >= 15 is 0 Å². The highest BCUT2D eigenvalue weighted by Crippen LogP contribution is 2.33. The SMILES string of the molecule is COc1cc(NC(=O)C(C)NC(=O)c2ccc(Cl)cc2)ccc1N1CCCC1=O. The first-order valence-electron chi connectivity index (χ1n) is 9.24. The Hall–Kier alpha value is -3.06. The summed E-state index contributed by atoms with van der Waals surface area (Å²) in [5.74, 6) is -0.196. The van der Waals surface area contributed by atoms with E-state index in [9.17, 15) is 14.4 Å². The number of nitrogens with zero attached hydrogens (tertiary/aromatic N) is 1. The molecule has 8 heteroatoms. The number of hydrogen-bond donors (Lipinski definition) is 2. The molecular weight excluding hydrogens is 394 g/mol. The van der Waals surface area contributed by atoms with E-state index in [-0.39, 0.29) is 17.7 Å². The predicted molar refractivity (Wildman–Crippen MR) is 112 cm³/mol. The van der Waals surface area contributed by atoms with Gasteiger partial charge in [0.05, 0.1) is 12.8 Å². The molecule has 1 saturated heterocycles. The van der Waals surface area contributed by atoms with Crippen molar-refractivity contribution in [1.29, 1.82) is 0 Å². The fourth-order valence-corrected chi connectivity index (χ4v) is 3.20. The quantitative estimate of drug-likeness (QED) is 0.758. The molecule has 0 saturated carbocycles. The lowest BCUT2D eigenvalue weighted by Gasteiger charge is -2.20. The van der Waals surface area contributed by atoms with E-state index in [1.807, 2.05) is 0 Å². The smallest absolute Gasteiger partial charge is 0.251 e. The molecule has 0 radical (unpaired) electrons. The Morgan fingerprint density at radius 2 is 1.90 bits per heavy atom. The molecule has 3 amide bonds. The molecule has 2 N–H and O–H groups in total. The first-order chi connectivity index (χ1) is 13.9. The number of amides is 3. The Labute approximate surface area is 174 Å². The van der Waals surface area contributed by atoms with E-state index in [4.69, 9.17) is 16.3 Å². The molecule has 1 fully saturated rings. The number of hydrogen-bond acceptors (Lipinski definition) is 4. The van der Waals surface area contributed by atoms with Crippen LogP contribution < -0.4 is 20.3 Å². The molecule has 2 aromatic carbocycles. The number of anilines is 2. The van der Waals surface area contributed by atoms with Crippen molar-refractivity contribution < 1.29 is 19.1 Å². The summed E-state index contributed by atoms with van der Waals surface area (Å²) >= 11 is 5.82. The normalized spacial score (nSPS) is 14.4. The van der Waals surface area contributed by atoms with Crippen LogP contribution in [0.25, 0.3) is 0 Å². The van der Waals surface area contributed by atoms with E-state index in [1.54, 1.807) is 54.3 Å². The van der Waals surface area contributed by atoms with Crippen molar-refractivity contribution in [2.45, 2.75) is 25.8 Å². The van der Waals surface area contributed by atoms with Crippen LogP contribution in [0.4, 0.5) is 11.4 Å². The van der Waals surface area contributed by atoms with Crippen LogP contribution in [0.3, 0.4) is 0 Å². The van der Waals surface area contributed by atoms with Gasteiger partial charge in [0, 0.05) is 35.3 Å². The van der Waals surface area contributed by atoms with Gasteiger partial charge in [-0.3, -0.25) is 14.4 Å². The third kappa shape index (κ3) is 4.86. The molecule has 29 heavy (non-hydrogen) atoms. The first-order valence-corrected chi connectivity index (χ1v) is 9.62. The minimum Gasteiger partial charge on any atom is -0.494 e. The molecule has 0 aliphatic carbocycles. The molecule has 1 aliphatic rings. The third-order valence-corrected chi connectivity index (χ3v) is 4.91. The number of halogens is 1. The summed E-state index contributed by atoms with van der Waals surface area (Å²) < 4.78 is 5.40. The van der Waals surface area contributed by atoms with Gasteiger partial charge in [-0.15, -0.1) is 0 Å². The van der Waals surface area contributed by atoms with Crippen LogP contribution in [-0.2, 0) is 9.59 Å². The average molecular weight is 416 g/mol. The summed E-state index contributed by atoms with van der Waals surface area (Å²) in [5, 5.41) is 5.93. The number of ether oxygens (including phenoxy) is 1. The lowest BCUT2D eigenvalue weighted by atomic mass is 10.2. The van der Waals surface area contributed by atoms with Crippen molar-refractivity contribution in [2.24, 2.45) is 0 Å². The zero-order valence-electron chi connectivity index (χ0n) is 16.2. The van der Waals surface area contributed by atoms with Crippen LogP contribution in [0.1, 0.15) is 30.1 Å². The van der Waals surface area contributed by atoms with Gasteiger partial charge in [0.1, 0.15) is 11.8 Å². The van der Waals surface area contributed by atoms with Gasteiger partial charge in [0.15, 0.2) is 0 Å². The molecule has 7 nitrogen and oxygen atoms in total. The van der Waals surface area contributed by atoms with Gasteiger partial charge in [-0.25, -0.2) is 0 Å². The molecule has 0 spiro atoms. The predicted octanol–water partition coefficient (Wildman–Crippen LogP) is 3.23. The average Bonchev–Trinajstić information content (AvgIpc) is 3.13. The van der Waals surface area contributed by atoms with E-state index in [0.717, 1.165) is 6.42 Å². The number of nitrogens with one attached hydrogen (secondary N) is 2. The number of carbonyl (C=O) groups excluding carboxylic acids is 3. The van der Waals surface area contributed by atoms with Crippen LogP contribution in [-0.4, -0.2) is 37.4 Å². The van der Waals surface area contributed by atoms with Crippen molar-refractivity contribution in [3.8, 4) is 5.75 Å². The summed E-state index contributed by atoms with van der Waals surface area (Å²) in [6.45, 7) is 2.24. The number of benzene rings is 2. The largest absolute Gasteiger partial charge is 0.494 e. The zero-order valence-corrected chi connectivity index (χ0v) is 17.0. The Bertz CT molecular complexity index is 930. The van der Waals surface area contributed by atoms with Crippen molar-refractivity contribution in [3.63, 3.8) is 0 Å². The van der Waals surface area contributed by atoms with Crippen molar-refractivity contribution in [2.75, 3.05) is 23.9 Å². The fraction of sp³-hybridized carbons (Fsp3) is 0.286. The van der Waals surface area contributed by atoms with Gasteiger partial charge in [-0.2, -0.15) is 0 Å². The van der Waals surface area contributed by atoms with Crippen molar-refractivity contribution in [1.82, 2.24) is 5.32 Å². The van der Waals surface area contributed by atoms with Crippen molar-refractivity contribution >= 4 is 40.7 Å². The summed E-state index contributed by atoms with van der Waals surface area (Å²) in [5.41, 5.74) is 1.60. The number of carbonyl (C=O) groups is 3. The van der Waals surface area contributed by atoms with E-state index in [2.05, 4.69) is 10.6 Å². The zero-order chi connectivity index (χ0) is 21.0. The Morgan fingerprint density at radius 1 is 1.17 bits per heavy atom. The second-order valence-corrected chi connectivity index (χ2v) is 7.16. The van der Waals surface area contributed by atoms with Gasteiger partial charge in [-0.05, 0) is 49.7 Å². The minimum atomic E-state index is -0.760. The van der Waals surface area contributed by atoms with Gasteiger partial charge < -0.3 is 20.3 Å². The third-order valence-electron chi connectivity index (χ3n) is 4.66. The van der Waals surface area contributed by atoms with E-state index in [0.29, 0.717) is 40.7 Å². The molecule has 1 aliphatic heterocycles. The maximum atomic E-state index is 12.5. The summed E-state index contributed by atoms with van der Waals surface area (Å²) in [7, 11) is 1.51. The molecule has 3 rings (SSSR count). The van der Waals surface area contributed by atoms with Crippen LogP contribution >= 0.6 is 11.6 Å². The topological polar surface area (TPSA) is 87.7 Å². The van der Waals surface area contributed by atoms with Crippen LogP contribution in [0, 0.1) is 0 Å². The standard InChI is InChI=1S/C21H22ClN3O4/c1-13(23-21(28)14-5-7-15(22)8-6-14)20(27)24-16-9-10-17(18(12-16)29-2)25-11-3-4-19(25)26/h5-10,12-13H,3-4,11H2,1-2H3,(H,23,28)(H,24,27). The van der Waals surface area contributed by atoms with Gasteiger partial charge in [0.25, 0.3) is 5.91 Å². The molecule has 0 bridgehead atoms. The van der Waals surface area contributed by atoms with Crippen LogP contribution in [0.15, 0.2) is 42.5 Å². The summed E-state index contributed by atoms with van der Waals surface area (Å²) in [6.07, 6.45) is 1.33. The molecule has 152 valence electrons. The number of rotatable bonds is 6. The molecule has 0 aromatic heterocycles. The highest BCUT2D eigenvalue weighted by molar-refractivity contribution is 6.30. The molecule has 2 aromatic rings. The van der Waals surface area contributed by atoms with Gasteiger partial charge in [-0.1, -0.05) is 11.6 Å². The first kappa shape index (κ1) is 20.7. The maximum Gasteiger partial charge on any atom is 0.251 e. The van der Waals surface area contributed by atoms with Crippen LogP contribution in [0.2, 0.25) is 5.02 Å². The maximum absolute atomic E-state index is 12.5. The monoisotopic (exact) mass is 415 g/mol. The Morgan fingerprint density at radius 3 is 2.52 bits per heavy atom. The van der Waals surface area contributed by atoms with Gasteiger partial charge in [0.2, 0.25) is 11.8 Å². The lowest BCUT2D eigenvalue weighted by Crippen LogP contribution is -2.41. The van der Waals surface area contributed by atoms with E-state index in [1.165, 1.54) is 7.11 Å². The Kier molecular flexibility index (Phi) is 6.39. The Balaban J connectivity index is 1.65. The number of methoxy groups -OCH3 is 1. The highest BCUT2D eigenvalue weighted by atomic mass is 35.5. The highest BCUT2D eigenvalue weighted by Gasteiger charge is 2.25. The molecule has 1 atom stereocenters. The van der Waals surface area contributed by atoms with Crippen molar-refractivity contribution in [3.05, 3.63) is 53.1 Å². The molecule has 1 unspecified atom stereocenters. The van der Waals surface area contributed by atoms with E-state index < -0.39 is 6.04 Å². The molecular formula is C21H22ClN3O4. The second kappa shape index (κ2) is 8.96. The van der Waals surface area contributed by atoms with Crippen LogP contribution in [0.5, 0.6) is 5.75 Å². The minimum absolute atomic E-state index is 0.0543. The lowest BCUT2D eigenvalue weighted by molar-refractivity contribution is -0.118. The van der Waals surface area contributed by atoms with Gasteiger partial charge >= 0.3 is 0 Å².